The number of hydrogen-bond donors (Lipinski definition) is 1. The molecule has 0 saturated heterocycles. The van der Waals surface area contributed by atoms with Gasteiger partial charge < -0.3 is 4.90 Å². The van der Waals surface area contributed by atoms with Crippen LogP contribution in [0.15, 0.2) is 53.6 Å². The number of amides is 1. The van der Waals surface area contributed by atoms with Crippen molar-refractivity contribution in [1.82, 2.24) is 5.43 Å². The molecule has 2 aromatic rings. The van der Waals surface area contributed by atoms with Crippen LogP contribution in [0.1, 0.15) is 35.3 Å². The van der Waals surface area contributed by atoms with Crippen LogP contribution in [-0.4, -0.2) is 25.2 Å². The van der Waals surface area contributed by atoms with E-state index in [2.05, 4.69) is 15.4 Å². The Morgan fingerprint density at radius 3 is 2.27 bits per heavy atom. The zero-order chi connectivity index (χ0) is 19.2. The number of halogens is 3. The van der Waals surface area contributed by atoms with Crippen LogP contribution in [0.3, 0.4) is 0 Å². The molecular weight excluding hydrogens is 343 g/mol. The van der Waals surface area contributed by atoms with Crippen molar-refractivity contribution in [2.45, 2.75) is 20.0 Å². The van der Waals surface area contributed by atoms with Crippen molar-refractivity contribution < 1.29 is 18.0 Å². The van der Waals surface area contributed by atoms with Crippen LogP contribution < -0.4 is 10.3 Å². The zero-order valence-corrected chi connectivity index (χ0v) is 14.5. The van der Waals surface area contributed by atoms with E-state index in [1.807, 2.05) is 26.0 Å². The maximum Gasteiger partial charge on any atom is 0.417 e. The molecule has 0 aliphatic carbocycles. The molecular formula is C19H20F3N3O. The number of alkyl halides is 3. The quantitative estimate of drug-likeness (QED) is 0.614. The van der Waals surface area contributed by atoms with E-state index in [1.54, 1.807) is 12.1 Å². The highest BCUT2D eigenvalue weighted by atomic mass is 19.4. The summed E-state index contributed by atoms with van der Waals surface area (Å²) in [5.74, 6) is -0.489. The Kier molecular flexibility index (Phi) is 6.38. The van der Waals surface area contributed by atoms with Crippen LogP contribution in [0.25, 0.3) is 0 Å². The van der Waals surface area contributed by atoms with Gasteiger partial charge in [0.15, 0.2) is 0 Å². The smallest absolute Gasteiger partial charge is 0.372 e. The SMILES string of the molecule is CCN(CC)c1ccc(C(=O)N/N=C\c2ccccc2C(F)(F)F)cc1. The number of benzene rings is 2. The molecule has 2 rings (SSSR count). The van der Waals surface area contributed by atoms with Crippen molar-refractivity contribution in [2.75, 3.05) is 18.0 Å². The highest BCUT2D eigenvalue weighted by molar-refractivity contribution is 5.95. The van der Waals surface area contributed by atoms with Gasteiger partial charge >= 0.3 is 6.18 Å². The van der Waals surface area contributed by atoms with Gasteiger partial charge in [-0.25, -0.2) is 5.43 Å². The van der Waals surface area contributed by atoms with Gasteiger partial charge in [0, 0.05) is 29.9 Å². The van der Waals surface area contributed by atoms with Crippen LogP contribution in [0.2, 0.25) is 0 Å². The molecule has 0 unspecified atom stereocenters. The van der Waals surface area contributed by atoms with Crippen molar-refractivity contribution in [3.05, 3.63) is 65.2 Å². The fraction of sp³-hybridized carbons (Fsp3) is 0.263. The van der Waals surface area contributed by atoms with Gasteiger partial charge in [-0.05, 0) is 44.2 Å². The second-order valence-corrected chi connectivity index (χ2v) is 5.50. The number of nitrogens with zero attached hydrogens (tertiary/aromatic N) is 2. The summed E-state index contributed by atoms with van der Waals surface area (Å²) < 4.78 is 38.7. The summed E-state index contributed by atoms with van der Waals surface area (Å²) in [6.45, 7) is 5.78. The van der Waals surface area contributed by atoms with Gasteiger partial charge in [-0.15, -0.1) is 0 Å². The van der Waals surface area contributed by atoms with Gasteiger partial charge in [0.25, 0.3) is 5.91 Å². The lowest BCUT2D eigenvalue weighted by Gasteiger charge is -2.20. The van der Waals surface area contributed by atoms with Crippen molar-refractivity contribution in [2.24, 2.45) is 5.10 Å². The Morgan fingerprint density at radius 1 is 1.08 bits per heavy atom. The van der Waals surface area contributed by atoms with E-state index in [9.17, 15) is 18.0 Å². The minimum absolute atomic E-state index is 0.114. The third-order valence-corrected chi connectivity index (χ3v) is 3.89. The predicted octanol–water partition coefficient (Wildman–Crippen LogP) is 4.32. The summed E-state index contributed by atoms with van der Waals surface area (Å²) in [5.41, 5.74) is 2.71. The maximum absolute atomic E-state index is 12.9. The molecule has 0 aliphatic heterocycles. The van der Waals surface area contributed by atoms with E-state index in [4.69, 9.17) is 0 Å². The average molecular weight is 363 g/mol. The Bertz CT molecular complexity index is 766. The lowest BCUT2D eigenvalue weighted by atomic mass is 10.1. The second kappa shape index (κ2) is 8.51. The van der Waals surface area contributed by atoms with E-state index < -0.39 is 17.6 Å². The molecule has 0 heterocycles. The van der Waals surface area contributed by atoms with Crippen molar-refractivity contribution >= 4 is 17.8 Å². The van der Waals surface area contributed by atoms with Crippen molar-refractivity contribution in [3.63, 3.8) is 0 Å². The van der Waals surface area contributed by atoms with Gasteiger partial charge in [0.05, 0.1) is 11.8 Å². The number of hydrogen-bond acceptors (Lipinski definition) is 3. The Labute approximate surface area is 150 Å². The molecule has 1 amide bonds. The summed E-state index contributed by atoms with van der Waals surface area (Å²) in [6.07, 6.45) is -3.49. The molecule has 0 spiro atoms. The molecule has 7 heteroatoms. The van der Waals surface area contributed by atoms with E-state index >= 15 is 0 Å². The number of carbonyl (C=O) groups is 1. The fourth-order valence-corrected chi connectivity index (χ4v) is 2.51. The molecule has 0 radical (unpaired) electrons. The largest absolute Gasteiger partial charge is 0.417 e. The van der Waals surface area contributed by atoms with Gasteiger partial charge in [0.1, 0.15) is 0 Å². The molecule has 0 fully saturated rings. The lowest BCUT2D eigenvalue weighted by Crippen LogP contribution is -2.22. The normalized spacial score (nSPS) is 11.6. The number of nitrogens with one attached hydrogen (secondary N) is 1. The molecule has 2 aromatic carbocycles. The van der Waals surface area contributed by atoms with E-state index in [1.165, 1.54) is 18.2 Å². The van der Waals surface area contributed by atoms with Crippen molar-refractivity contribution in [3.8, 4) is 0 Å². The molecule has 0 atom stereocenters. The van der Waals surface area contributed by atoms with Crippen LogP contribution >= 0.6 is 0 Å². The number of carbonyl (C=O) groups excluding carboxylic acids is 1. The van der Waals surface area contributed by atoms with E-state index in [0.717, 1.165) is 31.1 Å². The minimum Gasteiger partial charge on any atom is -0.372 e. The second-order valence-electron chi connectivity index (χ2n) is 5.50. The Balaban J connectivity index is 2.06. The summed E-state index contributed by atoms with van der Waals surface area (Å²) in [4.78, 5) is 14.2. The third kappa shape index (κ3) is 4.84. The molecule has 0 aromatic heterocycles. The first-order chi connectivity index (χ1) is 12.4. The van der Waals surface area contributed by atoms with Gasteiger partial charge in [-0.2, -0.15) is 18.3 Å². The topological polar surface area (TPSA) is 44.7 Å². The van der Waals surface area contributed by atoms with E-state index in [-0.39, 0.29) is 5.56 Å². The highest BCUT2D eigenvalue weighted by Crippen LogP contribution is 2.31. The number of rotatable bonds is 6. The standard InChI is InChI=1S/C19H20F3N3O/c1-3-25(4-2)16-11-9-14(10-12-16)18(26)24-23-13-15-7-5-6-8-17(15)19(20,21)22/h5-13H,3-4H2,1-2H3,(H,24,26)/b23-13-. The maximum atomic E-state index is 12.9. The Morgan fingerprint density at radius 2 is 1.69 bits per heavy atom. The van der Waals surface area contributed by atoms with Crippen LogP contribution in [0.4, 0.5) is 18.9 Å². The van der Waals surface area contributed by atoms with E-state index in [0.29, 0.717) is 5.56 Å². The first kappa shape index (κ1) is 19.5. The molecule has 26 heavy (non-hydrogen) atoms. The summed E-state index contributed by atoms with van der Waals surface area (Å²) >= 11 is 0. The predicted molar refractivity (Wildman–Crippen MR) is 96.5 cm³/mol. The van der Waals surface area contributed by atoms with Gasteiger partial charge in [0.2, 0.25) is 0 Å². The molecule has 138 valence electrons. The molecule has 0 aliphatic rings. The highest BCUT2D eigenvalue weighted by Gasteiger charge is 2.32. The molecule has 4 nitrogen and oxygen atoms in total. The van der Waals surface area contributed by atoms with Crippen LogP contribution in [-0.2, 0) is 6.18 Å². The minimum atomic E-state index is -4.48. The third-order valence-electron chi connectivity index (χ3n) is 3.89. The first-order valence-corrected chi connectivity index (χ1v) is 8.21. The fourth-order valence-electron chi connectivity index (χ4n) is 2.51. The average Bonchev–Trinajstić information content (AvgIpc) is 2.63. The summed E-state index contributed by atoms with van der Waals surface area (Å²) in [5, 5.41) is 3.65. The van der Waals surface area contributed by atoms with Crippen LogP contribution in [0.5, 0.6) is 0 Å². The first-order valence-electron chi connectivity index (χ1n) is 8.21. The summed E-state index contributed by atoms with van der Waals surface area (Å²) in [7, 11) is 0. The van der Waals surface area contributed by atoms with Crippen LogP contribution in [0, 0.1) is 0 Å². The zero-order valence-electron chi connectivity index (χ0n) is 14.5. The monoisotopic (exact) mass is 363 g/mol. The molecule has 0 saturated carbocycles. The van der Waals surface area contributed by atoms with Gasteiger partial charge in [-0.3, -0.25) is 4.79 Å². The molecule has 1 N–H and O–H groups in total. The van der Waals surface area contributed by atoms with Crippen molar-refractivity contribution in [1.29, 1.82) is 0 Å². The Hall–Kier alpha value is -2.83. The number of anilines is 1. The van der Waals surface area contributed by atoms with Gasteiger partial charge in [-0.1, -0.05) is 18.2 Å². The lowest BCUT2D eigenvalue weighted by molar-refractivity contribution is -0.137. The number of hydrazone groups is 1. The summed E-state index contributed by atoms with van der Waals surface area (Å²) in [6, 6.07) is 12.0. The molecule has 0 bridgehead atoms.